The van der Waals surface area contributed by atoms with E-state index in [1.165, 1.54) is 13.0 Å². The second kappa shape index (κ2) is 3.95. The maximum atomic E-state index is 12.8. The average molecular weight is 200 g/mol. The zero-order chi connectivity index (χ0) is 10.7. The summed E-state index contributed by atoms with van der Waals surface area (Å²) >= 11 is 0. The Morgan fingerprint density at radius 3 is 2.71 bits per heavy atom. The number of aromatic hydroxyl groups is 1. The van der Waals surface area contributed by atoms with Gasteiger partial charge in [-0.15, -0.1) is 0 Å². The van der Waals surface area contributed by atoms with Gasteiger partial charge in [0.15, 0.2) is 17.7 Å². The summed E-state index contributed by atoms with van der Waals surface area (Å²) < 4.78 is 17.6. The van der Waals surface area contributed by atoms with Gasteiger partial charge in [-0.05, 0) is 19.1 Å². The maximum Gasteiger partial charge on any atom is 0.344 e. The molecule has 0 aliphatic heterocycles. The van der Waals surface area contributed by atoms with Gasteiger partial charge in [-0.25, -0.2) is 9.18 Å². The van der Waals surface area contributed by atoms with Crippen molar-refractivity contribution < 1.29 is 24.1 Å². The summed E-state index contributed by atoms with van der Waals surface area (Å²) in [5, 5.41) is 17.3. The van der Waals surface area contributed by atoms with Gasteiger partial charge in [0.05, 0.1) is 0 Å². The Morgan fingerprint density at radius 2 is 2.21 bits per heavy atom. The van der Waals surface area contributed by atoms with Crippen molar-refractivity contribution in [1.29, 1.82) is 0 Å². The quantitative estimate of drug-likeness (QED) is 0.773. The number of hydrogen-bond donors (Lipinski definition) is 2. The summed E-state index contributed by atoms with van der Waals surface area (Å²) in [5.74, 6) is -2.42. The molecule has 0 aliphatic rings. The number of ether oxygens (including phenoxy) is 1. The number of halogens is 1. The summed E-state index contributed by atoms with van der Waals surface area (Å²) in [4.78, 5) is 10.4. The van der Waals surface area contributed by atoms with Crippen molar-refractivity contribution in [1.82, 2.24) is 0 Å². The van der Waals surface area contributed by atoms with Crippen LogP contribution in [0.15, 0.2) is 18.2 Å². The van der Waals surface area contributed by atoms with E-state index in [0.29, 0.717) is 0 Å². The van der Waals surface area contributed by atoms with Crippen LogP contribution in [0.4, 0.5) is 4.39 Å². The number of carboxylic acids is 1. The molecule has 1 aromatic carbocycles. The lowest BCUT2D eigenvalue weighted by Gasteiger charge is -2.10. The number of benzene rings is 1. The molecule has 0 aromatic heterocycles. The highest BCUT2D eigenvalue weighted by atomic mass is 19.1. The minimum absolute atomic E-state index is 0.0650. The van der Waals surface area contributed by atoms with Crippen LogP contribution in [0.5, 0.6) is 11.5 Å². The van der Waals surface area contributed by atoms with E-state index >= 15 is 0 Å². The lowest BCUT2D eigenvalue weighted by atomic mass is 10.3. The Hall–Kier alpha value is -1.78. The molecule has 0 heterocycles. The van der Waals surface area contributed by atoms with Crippen LogP contribution in [0.2, 0.25) is 0 Å². The molecule has 1 aromatic rings. The zero-order valence-corrected chi connectivity index (χ0v) is 7.40. The van der Waals surface area contributed by atoms with Crippen molar-refractivity contribution >= 4 is 5.97 Å². The highest BCUT2D eigenvalue weighted by molar-refractivity contribution is 5.72. The Kier molecular flexibility index (Phi) is 2.91. The molecular formula is C9H9FO4. The van der Waals surface area contributed by atoms with Gasteiger partial charge >= 0.3 is 5.97 Å². The molecule has 4 nitrogen and oxygen atoms in total. The summed E-state index contributed by atoms with van der Waals surface area (Å²) in [6.07, 6.45) is -1.06. The van der Waals surface area contributed by atoms with E-state index in [0.717, 1.165) is 12.1 Å². The second-order valence-electron chi connectivity index (χ2n) is 2.71. The third kappa shape index (κ3) is 2.35. The topological polar surface area (TPSA) is 66.8 Å². The fourth-order valence-corrected chi connectivity index (χ4v) is 0.815. The SMILES string of the molecule is CC(Oc1ccc(O)c(F)c1)C(=O)O. The van der Waals surface area contributed by atoms with Gasteiger partial charge in [-0.3, -0.25) is 0 Å². The monoisotopic (exact) mass is 200 g/mol. The Bertz CT molecular complexity index is 351. The van der Waals surface area contributed by atoms with Crippen LogP contribution in [0.3, 0.4) is 0 Å². The van der Waals surface area contributed by atoms with Crippen LogP contribution in [0.25, 0.3) is 0 Å². The third-order valence-electron chi connectivity index (χ3n) is 1.58. The Balaban J connectivity index is 2.78. The molecule has 0 saturated carbocycles. The first-order valence-corrected chi connectivity index (χ1v) is 3.88. The number of carboxylic acid groups (broad SMARTS) is 1. The first kappa shape index (κ1) is 10.3. The summed E-state index contributed by atoms with van der Waals surface area (Å²) in [7, 11) is 0. The van der Waals surface area contributed by atoms with Gasteiger partial charge in [-0.1, -0.05) is 0 Å². The largest absolute Gasteiger partial charge is 0.505 e. The van der Waals surface area contributed by atoms with Crippen LogP contribution in [0.1, 0.15) is 6.92 Å². The van der Waals surface area contributed by atoms with E-state index < -0.39 is 23.6 Å². The molecular weight excluding hydrogens is 191 g/mol. The minimum atomic E-state index is -1.14. The van der Waals surface area contributed by atoms with Gasteiger partial charge < -0.3 is 14.9 Å². The lowest BCUT2D eigenvalue weighted by molar-refractivity contribution is -0.144. The van der Waals surface area contributed by atoms with Crippen LogP contribution in [-0.4, -0.2) is 22.3 Å². The van der Waals surface area contributed by atoms with Crippen LogP contribution in [-0.2, 0) is 4.79 Å². The number of phenols is 1. The number of hydrogen-bond acceptors (Lipinski definition) is 3. The molecule has 0 aliphatic carbocycles. The van der Waals surface area contributed by atoms with Gasteiger partial charge in [0.2, 0.25) is 0 Å². The maximum absolute atomic E-state index is 12.8. The molecule has 5 heteroatoms. The van der Waals surface area contributed by atoms with E-state index in [2.05, 4.69) is 0 Å². The predicted molar refractivity (Wildman–Crippen MR) is 45.8 cm³/mol. The Labute approximate surface area is 79.6 Å². The molecule has 0 amide bonds. The van der Waals surface area contributed by atoms with E-state index in [-0.39, 0.29) is 5.75 Å². The molecule has 1 rings (SSSR count). The molecule has 0 spiro atoms. The molecule has 0 saturated heterocycles. The van der Waals surface area contributed by atoms with Crippen molar-refractivity contribution in [3.8, 4) is 11.5 Å². The molecule has 14 heavy (non-hydrogen) atoms. The highest BCUT2D eigenvalue weighted by Crippen LogP contribution is 2.21. The van der Waals surface area contributed by atoms with Crippen molar-refractivity contribution in [2.45, 2.75) is 13.0 Å². The zero-order valence-electron chi connectivity index (χ0n) is 7.40. The molecule has 76 valence electrons. The fourth-order valence-electron chi connectivity index (χ4n) is 0.815. The van der Waals surface area contributed by atoms with E-state index in [4.69, 9.17) is 14.9 Å². The summed E-state index contributed by atoms with van der Waals surface area (Å²) in [5.41, 5.74) is 0. The summed E-state index contributed by atoms with van der Waals surface area (Å²) in [6, 6.07) is 3.31. The van der Waals surface area contributed by atoms with Crippen LogP contribution in [0, 0.1) is 5.82 Å². The second-order valence-corrected chi connectivity index (χ2v) is 2.71. The standard InChI is InChI=1S/C9H9FO4/c1-5(9(12)13)14-6-2-3-8(11)7(10)4-6/h2-5,11H,1H3,(H,12,13). The van der Waals surface area contributed by atoms with Crippen LogP contribution >= 0.6 is 0 Å². The molecule has 0 fully saturated rings. The minimum Gasteiger partial charge on any atom is -0.505 e. The van der Waals surface area contributed by atoms with E-state index in [1.807, 2.05) is 0 Å². The normalized spacial score (nSPS) is 12.1. The first-order valence-electron chi connectivity index (χ1n) is 3.88. The molecule has 1 unspecified atom stereocenters. The molecule has 1 atom stereocenters. The molecule has 0 bridgehead atoms. The number of rotatable bonds is 3. The number of carbonyl (C=O) groups is 1. The first-order chi connectivity index (χ1) is 6.50. The number of aliphatic carboxylic acids is 1. The Morgan fingerprint density at radius 1 is 1.57 bits per heavy atom. The highest BCUT2D eigenvalue weighted by Gasteiger charge is 2.13. The van der Waals surface area contributed by atoms with Gasteiger partial charge in [0, 0.05) is 6.07 Å². The van der Waals surface area contributed by atoms with E-state index in [9.17, 15) is 9.18 Å². The van der Waals surface area contributed by atoms with Crippen LogP contribution < -0.4 is 4.74 Å². The number of phenolic OH excluding ortho intramolecular Hbond substituents is 1. The predicted octanol–water partition coefficient (Wildman–Crippen LogP) is 1.38. The summed E-state index contributed by atoms with van der Waals surface area (Å²) in [6.45, 7) is 1.33. The van der Waals surface area contributed by atoms with Gasteiger partial charge in [0.25, 0.3) is 0 Å². The van der Waals surface area contributed by atoms with Crippen molar-refractivity contribution in [3.63, 3.8) is 0 Å². The van der Waals surface area contributed by atoms with Crippen molar-refractivity contribution in [2.75, 3.05) is 0 Å². The lowest BCUT2D eigenvalue weighted by Crippen LogP contribution is -2.22. The van der Waals surface area contributed by atoms with Crippen molar-refractivity contribution in [2.24, 2.45) is 0 Å². The molecule has 2 N–H and O–H groups in total. The van der Waals surface area contributed by atoms with Crippen molar-refractivity contribution in [3.05, 3.63) is 24.0 Å². The average Bonchev–Trinajstić information content (AvgIpc) is 2.11. The third-order valence-corrected chi connectivity index (χ3v) is 1.58. The van der Waals surface area contributed by atoms with Gasteiger partial charge in [-0.2, -0.15) is 0 Å². The van der Waals surface area contributed by atoms with Gasteiger partial charge in [0.1, 0.15) is 5.75 Å². The smallest absolute Gasteiger partial charge is 0.344 e. The molecule has 0 radical (unpaired) electrons. The van der Waals surface area contributed by atoms with E-state index in [1.54, 1.807) is 0 Å². The fraction of sp³-hybridized carbons (Fsp3) is 0.222.